The number of nitrogens with one attached hydrogen (secondary N) is 3. The van der Waals surface area contributed by atoms with Gasteiger partial charge < -0.3 is 16.0 Å². The van der Waals surface area contributed by atoms with Gasteiger partial charge in [0.2, 0.25) is 5.91 Å². The average Bonchev–Trinajstić information content (AvgIpc) is 3.55. The van der Waals surface area contributed by atoms with Gasteiger partial charge in [-0.05, 0) is 42.5 Å². The van der Waals surface area contributed by atoms with Gasteiger partial charge in [0.1, 0.15) is 0 Å². The first-order valence-electron chi connectivity index (χ1n) is 10.5. The largest absolute Gasteiger partial charge is 0.356 e. The highest BCUT2D eigenvalue weighted by Crippen LogP contribution is 2.47. The molecule has 0 aromatic heterocycles. The van der Waals surface area contributed by atoms with Crippen LogP contribution in [0.5, 0.6) is 0 Å². The molecule has 1 aliphatic rings. The zero-order valence-corrected chi connectivity index (χ0v) is 17.7. The molecule has 3 N–H and O–H groups in total. The summed E-state index contributed by atoms with van der Waals surface area (Å²) < 4.78 is 0. The smallest absolute Gasteiger partial charge is 0.227 e. The van der Waals surface area contributed by atoms with Crippen LogP contribution in [0.4, 0.5) is 5.69 Å². The Labute approximate surface area is 174 Å². The van der Waals surface area contributed by atoms with Gasteiger partial charge in [-0.25, -0.2) is 0 Å². The molecule has 5 nitrogen and oxygen atoms in total. The number of carbonyl (C=O) groups is 1. The van der Waals surface area contributed by atoms with Crippen molar-refractivity contribution < 1.29 is 4.79 Å². The van der Waals surface area contributed by atoms with Crippen LogP contribution in [0.1, 0.15) is 44.2 Å². The van der Waals surface area contributed by atoms with Gasteiger partial charge in [-0.2, -0.15) is 0 Å². The predicted molar refractivity (Wildman–Crippen MR) is 120 cm³/mol. The topological polar surface area (TPSA) is 65.5 Å². The van der Waals surface area contributed by atoms with Crippen LogP contribution in [-0.2, 0) is 16.8 Å². The number of rotatable bonds is 8. The first-order chi connectivity index (χ1) is 14.1. The SMILES string of the molecule is CCC(C)C(=O)Nc1cccc(CNC(=NC)NCC2(c3ccccc3)CC2)c1. The third-order valence-corrected chi connectivity index (χ3v) is 5.77. The second-order valence-corrected chi connectivity index (χ2v) is 7.92. The summed E-state index contributed by atoms with van der Waals surface area (Å²) in [7, 11) is 1.79. The highest BCUT2D eigenvalue weighted by Gasteiger charge is 2.43. The Bertz CT molecular complexity index is 843. The molecule has 1 amide bonds. The van der Waals surface area contributed by atoms with E-state index < -0.39 is 0 Å². The first-order valence-corrected chi connectivity index (χ1v) is 10.5. The van der Waals surface area contributed by atoms with Gasteiger partial charge in [0.15, 0.2) is 5.96 Å². The molecule has 29 heavy (non-hydrogen) atoms. The Morgan fingerprint density at radius 1 is 1.10 bits per heavy atom. The van der Waals surface area contributed by atoms with Gasteiger partial charge in [-0.1, -0.05) is 56.3 Å². The quantitative estimate of drug-likeness (QED) is 0.469. The minimum Gasteiger partial charge on any atom is -0.356 e. The number of carbonyl (C=O) groups excluding carboxylic acids is 1. The summed E-state index contributed by atoms with van der Waals surface area (Å²) >= 11 is 0. The Morgan fingerprint density at radius 3 is 2.52 bits per heavy atom. The van der Waals surface area contributed by atoms with Crippen molar-refractivity contribution in [2.45, 2.75) is 45.1 Å². The van der Waals surface area contributed by atoms with Crippen molar-refractivity contribution in [2.75, 3.05) is 18.9 Å². The zero-order valence-electron chi connectivity index (χ0n) is 17.7. The maximum absolute atomic E-state index is 12.1. The molecule has 0 radical (unpaired) electrons. The number of hydrogen-bond donors (Lipinski definition) is 3. The molecule has 2 aromatic rings. The van der Waals surface area contributed by atoms with Gasteiger partial charge in [-0.3, -0.25) is 9.79 Å². The predicted octanol–water partition coefficient (Wildman–Crippen LogP) is 4.07. The molecular formula is C24H32N4O. The summed E-state index contributed by atoms with van der Waals surface area (Å²) in [5.41, 5.74) is 3.56. The molecule has 1 aliphatic carbocycles. The molecule has 1 unspecified atom stereocenters. The molecule has 5 heteroatoms. The molecule has 0 heterocycles. The lowest BCUT2D eigenvalue weighted by Crippen LogP contribution is -2.40. The van der Waals surface area contributed by atoms with Crippen LogP contribution < -0.4 is 16.0 Å². The summed E-state index contributed by atoms with van der Waals surface area (Å²) in [5, 5.41) is 9.85. The van der Waals surface area contributed by atoms with Crippen molar-refractivity contribution in [3.63, 3.8) is 0 Å². The lowest BCUT2D eigenvalue weighted by Gasteiger charge is -2.19. The van der Waals surface area contributed by atoms with Crippen molar-refractivity contribution in [2.24, 2.45) is 10.9 Å². The molecule has 154 valence electrons. The van der Waals surface area contributed by atoms with Crippen LogP contribution in [0.15, 0.2) is 59.6 Å². The van der Waals surface area contributed by atoms with Crippen LogP contribution in [-0.4, -0.2) is 25.5 Å². The lowest BCUT2D eigenvalue weighted by molar-refractivity contribution is -0.119. The van der Waals surface area contributed by atoms with Crippen molar-refractivity contribution in [1.82, 2.24) is 10.6 Å². The van der Waals surface area contributed by atoms with E-state index >= 15 is 0 Å². The maximum atomic E-state index is 12.1. The van der Waals surface area contributed by atoms with Gasteiger partial charge >= 0.3 is 0 Å². The molecule has 3 rings (SSSR count). The molecule has 0 spiro atoms. The van der Waals surface area contributed by atoms with Crippen molar-refractivity contribution >= 4 is 17.6 Å². The first kappa shape index (κ1) is 20.9. The lowest BCUT2D eigenvalue weighted by atomic mass is 9.96. The summed E-state index contributed by atoms with van der Waals surface area (Å²) in [4.78, 5) is 16.5. The summed E-state index contributed by atoms with van der Waals surface area (Å²) in [6.45, 7) is 5.48. The molecule has 1 saturated carbocycles. The van der Waals surface area contributed by atoms with Gasteiger partial charge in [-0.15, -0.1) is 0 Å². The number of anilines is 1. The van der Waals surface area contributed by atoms with E-state index in [9.17, 15) is 4.79 Å². The molecule has 1 atom stereocenters. The minimum absolute atomic E-state index is 0.0131. The minimum atomic E-state index is 0.0131. The molecule has 2 aromatic carbocycles. The number of aliphatic imine (C=N–C) groups is 1. The van der Waals surface area contributed by atoms with Gasteiger partial charge in [0, 0.05) is 37.2 Å². The van der Waals surface area contributed by atoms with Crippen LogP contribution >= 0.6 is 0 Å². The highest BCUT2D eigenvalue weighted by molar-refractivity contribution is 5.92. The fourth-order valence-corrected chi connectivity index (χ4v) is 3.38. The standard InChI is InChI=1S/C24H32N4O/c1-4-18(2)22(29)28-21-12-8-9-19(15-21)16-26-23(25-3)27-17-24(13-14-24)20-10-6-5-7-11-20/h5-12,15,18H,4,13-14,16-17H2,1-3H3,(H,28,29)(H2,25,26,27). The monoisotopic (exact) mass is 392 g/mol. The fraction of sp³-hybridized carbons (Fsp3) is 0.417. The number of guanidine groups is 1. The second kappa shape index (κ2) is 9.59. The average molecular weight is 393 g/mol. The Kier molecular flexibility index (Phi) is 6.91. The van der Waals surface area contributed by atoms with E-state index in [-0.39, 0.29) is 17.2 Å². The summed E-state index contributed by atoms with van der Waals surface area (Å²) in [6, 6.07) is 18.6. The van der Waals surface area contributed by atoms with Crippen molar-refractivity contribution in [3.05, 3.63) is 65.7 Å². The van der Waals surface area contributed by atoms with Crippen LogP contribution in [0.25, 0.3) is 0 Å². The molecule has 0 bridgehead atoms. The zero-order chi connectivity index (χ0) is 20.7. The van der Waals surface area contributed by atoms with Gasteiger partial charge in [0.05, 0.1) is 0 Å². The molecule has 1 fully saturated rings. The van der Waals surface area contributed by atoms with E-state index in [0.717, 1.165) is 30.2 Å². The fourth-order valence-electron chi connectivity index (χ4n) is 3.38. The van der Waals surface area contributed by atoms with E-state index in [1.807, 2.05) is 38.1 Å². The van der Waals surface area contributed by atoms with Crippen LogP contribution in [0.3, 0.4) is 0 Å². The molecular weight excluding hydrogens is 360 g/mol. The summed E-state index contributed by atoms with van der Waals surface area (Å²) in [6.07, 6.45) is 3.25. The van der Waals surface area contributed by atoms with E-state index in [4.69, 9.17) is 0 Å². The van der Waals surface area contributed by atoms with Crippen molar-refractivity contribution in [1.29, 1.82) is 0 Å². The van der Waals surface area contributed by atoms with E-state index in [0.29, 0.717) is 6.54 Å². The number of amides is 1. The van der Waals surface area contributed by atoms with Crippen LogP contribution in [0, 0.1) is 5.92 Å². The highest BCUT2D eigenvalue weighted by atomic mass is 16.1. The summed E-state index contributed by atoms with van der Waals surface area (Å²) in [5.74, 6) is 0.867. The van der Waals surface area contributed by atoms with Gasteiger partial charge in [0.25, 0.3) is 0 Å². The Morgan fingerprint density at radius 2 is 1.86 bits per heavy atom. The normalized spacial score (nSPS) is 16.0. The number of hydrogen-bond acceptors (Lipinski definition) is 2. The second-order valence-electron chi connectivity index (χ2n) is 7.92. The third-order valence-electron chi connectivity index (χ3n) is 5.77. The number of nitrogens with zero attached hydrogens (tertiary/aromatic N) is 1. The van der Waals surface area contributed by atoms with Crippen molar-refractivity contribution in [3.8, 4) is 0 Å². The molecule has 0 aliphatic heterocycles. The third kappa shape index (κ3) is 5.59. The number of benzene rings is 2. The van der Waals surface area contributed by atoms with E-state index in [1.165, 1.54) is 18.4 Å². The Hall–Kier alpha value is -2.82. The Balaban J connectivity index is 1.52. The van der Waals surface area contributed by atoms with E-state index in [2.05, 4.69) is 51.3 Å². The molecule has 0 saturated heterocycles. The van der Waals surface area contributed by atoms with Crippen LogP contribution in [0.2, 0.25) is 0 Å². The van der Waals surface area contributed by atoms with E-state index in [1.54, 1.807) is 7.05 Å². The maximum Gasteiger partial charge on any atom is 0.227 e.